The van der Waals surface area contributed by atoms with Crippen LogP contribution in [0.1, 0.15) is 30.1 Å². The first kappa shape index (κ1) is 25.6. The number of nitrogens with one attached hydrogen (secondary N) is 1. The van der Waals surface area contributed by atoms with Gasteiger partial charge in [-0.3, -0.25) is 9.69 Å². The minimum absolute atomic E-state index is 0.179. The van der Waals surface area contributed by atoms with E-state index < -0.39 is 6.04 Å². The van der Waals surface area contributed by atoms with Gasteiger partial charge in [0.2, 0.25) is 0 Å². The lowest BCUT2D eigenvalue weighted by molar-refractivity contribution is 0.199. The van der Waals surface area contributed by atoms with Crippen molar-refractivity contribution in [2.75, 3.05) is 44.8 Å². The van der Waals surface area contributed by atoms with E-state index in [4.69, 9.17) is 13.9 Å². The first-order chi connectivity index (χ1) is 19.6. The molecule has 0 radical (unpaired) electrons. The summed E-state index contributed by atoms with van der Waals surface area (Å²) in [6.07, 6.45) is 1.62. The fourth-order valence-electron chi connectivity index (χ4n) is 5.34. The minimum atomic E-state index is -0.478. The van der Waals surface area contributed by atoms with Gasteiger partial charge in [0.1, 0.15) is 29.8 Å². The third kappa shape index (κ3) is 5.03. The number of para-hydroxylation sites is 2. The standard InChI is InChI=1S/C29H31N7O4/c1-3-39-21-10-11-24-20(17-21)18-23(29(37)30-24)27(28-31-32-33-36(28)19-22-7-6-16-40-22)35-14-12-34(13-15-35)25-8-4-5-9-26(25)38-2/h4-11,16-18,27H,3,12-15,19H2,1-2H3,(H,30,37)/t27-/m1/s1. The summed E-state index contributed by atoms with van der Waals surface area (Å²) in [6, 6.07) is 18.9. The Morgan fingerprint density at radius 1 is 1.05 bits per heavy atom. The van der Waals surface area contributed by atoms with E-state index in [-0.39, 0.29) is 5.56 Å². The summed E-state index contributed by atoms with van der Waals surface area (Å²) in [5, 5.41) is 13.6. The largest absolute Gasteiger partial charge is 0.495 e. The Kier molecular flexibility index (Phi) is 7.19. The van der Waals surface area contributed by atoms with Crippen molar-refractivity contribution in [2.24, 2.45) is 0 Å². The second-order valence-corrected chi connectivity index (χ2v) is 9.61. The zero-order chi connectivity index (χ0) is 27.5. The predicted molar refractivity (Wildman–Crippen MR) is 150 cm³/mol. The number of nitrogens with zero attached hydrogens (tertiary/aromatic N) is 6. The molecule has 0 amide bonds. The fraction of sp³-hybridized carbons (Fsp3) is 0.310. The van der Waals surface area contributed by atoms with Crippen LogP contribution in [-0.2, 0) is 6.54 Å². The summed E-state index contributed by atoms with van der Waals surface area (Å²) < 4.78 is 18.6. The van der Waals surface area contributed by atoms with Crippen molar-refractivity contribution < 1.29 is 13.9 Å². The third-order valence-electron chi connectivity index (χ3n) is 7.25. The van der Waals surface area contributed by atoms with Crippen LogP contribution in [0, 0.1) is 0 Å². The Morgan fingerprint density at radius 2 is 1.90 bits per heavy atom. The van der Waals surface area contributed by atoms with Gasteiger partial charge in [0.15, 0.2) is 5.82 Å². The third-order valence-corrected chi connectivity index (χ3v) is 7.25. The van der Waals surface area contributed by atoms with Gasteiger partial charge in [0.25, 0.3) is 5.56 Å². The Labute approximate surface area is 230 Å². The highest BCUT2D eigenvalue weighted by atomic mass is 16.5. The van der Waals surface area contributed by atoms with Gasteiger partial charge in [-0.05, 0) is 65.9 Å². The molecule has 206 valence electrons. The van der Waals surface area contributed by atoms with Crippen LogP contribution in [0.3, 0.4) is 0 Å². The molecule has 0 bridgehead atoms. The number of aromatic nitrogens is 5. The summed E-state index contributed by atoms with van der Waals surface area (Å²) in [4.78, 5) is 21.2. The highest BCUT2D eigenvalue weighted by molar-refractivity contribution is 5.80. The molecule has 1 atom stereocenters. The molecule has 40 heavy (non-hydrogen) atoms. The van der Waals surface area contributed by atoms with E-state index in [1.165, 1.54) is 0 Å². The SMILES string of the molecule is CCOc1ccc2[nH]c(=O)c([C@H](c3nnnn3Cc3ccco3)N3CCN(c4ccccc4OC)CC3)cc2c1. The van der Waals surface area contributed by atoms with Crippen LogP contribution < -0.4 is 19.9 Å². The molecule has 1 fully saturated rings. The number of ether oxygens (including phenoxy) is 2. The van der Waals surface area contributed by atoms with Crippen LogP contribution in [-0.4, -0.2) is 70.0 Å². The van der Waals surface area contributed by atoms with Crippen LogP contribution >= 0.6 is 0 Å². The van der Waals surface area contributed by atoms with Crippen molar-refractivity contribution in [3.63, 3.8) is 0 Å². The summed E-state index contributed by atoms with van der Waals surface area (Å²) in [6.45, 7) is 5.73. The number of anilines is 1. The van der Waals surface area contributed by atoms with Crippen LogP contribution in [0.25, 0.3) is 10.9 Å². The molecule has 2 aromatic carbocycles. The van der Waals surface area contributed by atoms with E-state index in [9.17, 15) is 4.79 Å². The maximum Gasteiger partial charge on any atom is 0.253 e. The topological polar surface area (TPSA) is 115 Å². The van der Waals surface area contributed by atoms with E-state index in [0.29, 0.717) is 37.6 Å². The van der Waals surface area contributed by atoms with Crippen molar-refractivity contribution in [1.82, 2.24) is 30.1 Å². The molecule has 6 rings (SSSR count). The number of hydrogen-bond acceptors (Lipinski definition) is 9. The summed E-state index contributed by atoms with van der Waals surface area (Å²) in [5.41, 5.74) is 2.19. The van der Waals surface area contributed by atoms with Gasteiger partial charge in [0, 0.05) is 42.6 Å². The molecule has 1 aliphatic heterocycles. The first-order valence-corrected chi connectivity index (χ1v) is 13.3. The average Bonchev–Trinajstić information content (AvgIpc) is 3.67. The second kappa shape index (κ2) is 11.2. The number of hydrogen-bond donors (Lipinski definition) is 1. The maximum absolute atomic E-state index is 13.6. The van der Waals surface area contributed by atoms with E-state index in [0.717, 1.165) is 46.9 Å². The molecule has 0 saturated carbocycles. The van der Waals surface area contributed by atoms with Crippen molar-refractivity contribution in [2.45, 2.75) is 19.5 Å². The Bertz CT molecular complexity index is 1640. The number of fused-ring (bicyclic) bond motifs is 1. The molecule has 1 N–H and O–H groups in total. The lowest BCUT2D eigenvalue weighted by Gasteiger charge is -2.40. The number of methoxy groups -OCH3 is 1. The van der Waals surface area contributed by atoms with Crippen LogP contribution in [0.4, 0.5) is 5.69 Å². The van der Waals surface area contributed by atoms with E-state index in [1.807, 2.05) is 61.5 Å². The number of pyridine rings is 1. The highest BCUT2D eigenvalue weighted by Crippen LogP contribution is 2.32. The summed E-state index contributed by atoms with van der Waals surface area (Å²) in [7, 11) is 1.69. The summed E-state index contributed by atoms with van der Waals surface area (Å²) in [5.74, 6) is 2.89. The lowest BCUT2D eigenvalue weighted by atomic mass is 10.0. The zero-order valence-corrected chi connectivity index (χ0v) is 22.5. The van der Waals surface area contributed by atoms with Crippen LogP contribution in [0.2, 0.25) is 0 Å². The molecule has 11 nitrogen and oxygen atoms in total. The first-order valence-electron chi connectivity index (χ1n) is 13.3. The van der Waals surface area contributed by atoms with Crippen LogP contribution in [0.15, 0.2) is 76.1 Å². The van der Waals surface area contributed by atoms with E-state index in [2.05, 4.69) is 36.4 Å². The Morgan fingerprint density at radius 3 is 2.67 bits per heavy atom. The number of piperazine rings is 1. The minimum Gasteiger partial charge on any atom is -0.495 e. The molecule has 3 aromatic heterocycles. The molecule has 11 heteroatoms. The number of H-pyrrole nitrogens is 1. The number of furan rings is 1. The Hall–Kier alpha value is -4.64. The monoisotopic (exact) mass is 541 g/mol. The molecule has 0 unspecified atom stereocenters. The number of benzene rings is 2. The molecule has 4 heterocycles. The molecule has 1 saturated heterocycles. The van der Waals surface area contributed by atoms with Crippen molar-refractivity contribution in [3.8, 4) is 11.5 Å². The normalized spacial score (nSPS) is 14.9. The van der Waals surface area contributed by atoms with Gasteiger partial charge in [-0.2, -0.15) is 0 Å². The molecule has 1 aliphatic rings. The van der Waals surface area contributed by atoms with Gasteiger partial charge in [0.05, 0.1) is 25.7 Å². The van der Waals surface area contributed by atoms with Crippen molar-refractivity contribution in [3.05, 3.63) is 94.4 Å². The van der Waals surface area contributed by atoms with Gasteiger partial charge >= 0.3 is 0 Å². The van der Waals surface area contributed by atoms with E-state index in [1.54, 1.807) is 18.1 Å². The average molecular weight is 542 g/mol. The lowest BCUT2D eigenvalue weighted by Crippen LogP contribution is -2.49. The quantitative estimate of drug-likeness (QED) is 0.300. The predicted octanol–water partition coefficient (Wildman–Crippen LogP) is 3.47. The van der Waals surface area contributed by atoms with Crippen LogP contribution in [0.5, 0.6) is 11.5 Å². The Balaban J connectivity index is 1.38. The second-order valence-electron chi connectivity index (χ2n) is 9.61. The molecule has 0 spiro atoms. The fourth-order valence-corrected chi connectivity index (χ4v) is 5.34. The molecular weight excluding hydrogens is 510 g/mol. The molecule has 0 aliphatic carbocycles. The van der Waals surface area contributed by atoms with Gasteiger partial charge in [-0.1, -0.05) is 12.1 Å². The number of rotatable bonds is 9. The maximum atomic E-state index is 13.6. The smallest absolute Gasteiger partial charge is 0.253 e. The van der Waals surface area contributed by atoms with E-state index >= 15 is 0 Å². The van der Waals surface area contributed by atoms with Crippen molar-refractivity contribution >= 4 is 16.6 Å². The van der Waals surface area contributed by atoms with Gasteiger partial charge < -0.3 is 23.8 Å². The molecule has 5 aromatic rings. The zero-order valence-electron chi connectivity index (χ0n) is 22.5. The van der Waals surface area contributed by atoms with Gasteiger partial charge in [-0.25, -0.2) is 4.68 Å². The number of aromatic amines is 1. The van der Waals surface area contributed by atoms with Crippen molar-refractivity contribution in [1.29, 1.82) is 0 Å². The molecular formula is C29H31N7O4. The number of tetrazole rings is 1. The summed E-state index contributed by atoms with van der Waals surface area (Å²) >= 11 is 0. The van der Waals surface area contributed by atoms with Gasteiger partial charge in [-0.15, -0.1) is 5.10 Å². The highest BCUT2D eigenvalue weighted by Gasteiger charge is 2.33.